The summed E-state index contributed by atoms with van der Waals surface area (Å²) in [6.07, 6.45) is 4.71. The molecule has 0 aliphatic heterocycles. The second kappa shape index (κ2) is 7.70. The maximum atomic E-state index is 12.6. The third-order valence-corrected chi connectivity index (χ3v) is 5.69. The van der Waals surface area contributed by atoms with Crippen LogP contribution in [0.2, 0.25) is 0 Å². The zero-order chi connectivity index (χ0) is 18.3. The number of amides is 2. The fraction of sp³-hybridized carbons (Fsp3) is 0.421. The molecule has 2 aliphatic rings. The topological polar surface area (TPSA) is 110 Å². The standard InChI is InChI=1S/C19H22N4O3.ClH/c1-10-15(9-21-26-10)18(24)22-13-4-6-14(7-5-13)23-19(25)16-11-2-3-12(8-11)17(16)20;/h4-7,9,11-12,16-17H,2-3,8,20H2,1H3,(H,22,24)(H,23,25);1H. The Bertz CT molecular complexity index is 834. The number of fused-ring (bicyclic) bond motifs is 2. The van der Waals surface area contributed by atoms with Crippen LogP contribution in [0.25, 0.3) is 0 Å². The zero-order valence-electron chi connectivity index (χ0n) is 15.0. The molecular weight excluding hydrogens is 368 g/mol. The van der Waals surface area contributed by atoms with Gasteiger partial charge in [-0.3, -0.25) is 9.59 Å². The van der Waals surface area contributed by atoms with Gasteiger partial charge in [0.25, 0.3) is 5.91 Å². The van der Waals surface area contributed by atoms with E-state index >= 15 is 0 Å². The van der Waals surface area contributed by atoms with E-state index < -0.39 is 0 Å². The Kier molecular flexibility index (Phi) is 5.53. The molecule has 2 amide bonds. The molecule has 2 aliphatic carbocycles. The smallest absolute Gasteiger partial charge is 0.260 e. The number of rotatable bonds is 4. The molecular formula is C19H23ClN4O3. The Morgan fingerprint density at radius 2 is 1.74 bits per heavy atom. The number of hydrogen-bond acceptors (Lipinski definition) is 5. The molecule has 4 unspecified atom stereocenters. The Morgan fingerprint density at radius 3 is 2.30 bits per heavy atom. The van der Waals surface area contributed by atoms with Crippen molar-refractivity contribution in [3.05, 3.63) is 41.8 Å². The fourth-order valence-electron chi connectivity index (χ4n) is 4.30. The van der Waals surface area contributed by atoms with Crippen molar-refractivity contribution in [2.45, 2.75) is 32.2 Å². The van der Waals surface area contributed by atoms with Crippen LogP contribution >= 0.6 is 12.4 Å². The molecule has 7 nitrogen and oxygen atoms in total. The predicted octanol–water partition coefficient (Wildman–Crippen LogP) is 2.97. The molecule has 4 atom stereocenters. The SMILES string of the molecule is Cc1oncc1C(=O)Nc1ccc(NC(=O)C2C3CCC(C3)C2N)cc1.Cl. The molecule has 4 rings (SSSR count). The number of nitrogens with two attached hydrogens (primary N) is 1. The van der Waals surface area contributed by atoms with Crippen LogP contribution in [0.1, 0.15) is 35.4 Å². The van der Waals surface area contributed by atoms with Crippen molar-refractivity contribution >= 4 is 35.6 Å². The largest absolute Gasteiger partial charge is 0.361 e. The van der Waals surface area contributed by atoms with Gasteiger partial charge in [0.15, 0.2) is 0 Å². The summed E-state index contributed by atoms with van der Waals surface area (Å²) < 4.78 is 4.90. The summed E-state index contributed by atoms with van der Waals surface area (Å²) in [7, 11) is 0. The Labute approximate surface area is 163 Å². The summed E-state index contributed by atoms with van der Waals surface area (Å²) >= 11 is 0. The highest BCUT2D eigenvalue weighted by Gasteiger charge is 2.49. The number of carbonyl (C=O) groups is 2. The van der Waals surface area contributed by atoms with E-state index in [9.17, 15) is 9.59 Å². The van der Waals surface area contributed by atoms with Crippen molar-refractivity contribution in [2.75, 3.05) is 10.6 Å². The Balaban J connectivity index is 0.00000210. The molecule has 2 saturated carbocycles. The van der Waals surface area contributed by atoms with Crippen LogP contribution in [-0.4, -0.2) is 23.0 Å². The highest BCUT2D eigenvalue weighted by atomic mass is 35.5. The first-order chi connectivity index (χ1) is 12.5. The number of aromatic nitrogens is 1. The minimum atomic E-state index is -0.284. The van der Waals surface area contributed by atoms with Gasteiger partial charge in [-0.05, 0) is 62.3 Å². The monoisotopic (exact) mass is 390 g/mol. The van der Waals surface area contributed by atoms with Gasteiger partial charge in [-0.15, -0.1) is 12.4 Å². The molecule has 2 bridgehead atoms. The second-order valence-electron chi connectivity index (χ2n) is 7.25. The van der Waals surface area contributed by atoms with Crippen LogP contribution in [0, 0.1) is 24.7 Å². The van der Waals surface area contributed by atoms with Gasteiger partial charge < -0.3 is 20.9 Å². The van der Waals surface area contributed by atoms with Gasteiger partial charge in [0.1, 0.15) is 11.3 Å². The van der Waals surface area contributed by atoms with Gasteiger partial charge in [-0.25, -0.2) is 0 Å². The summed E-state index contributed by atoms with van der Waals surface area (Å²) in [5.74, 6) is 1.00. The lowest BCUT2D eigenvalue weighted by Crippen LogP contribution is -2.42. The normalized spacial score (nSPS) is 25.7. The maximum absolute atomic E-state index is 12.6. The average molecular weight is 391 g/mol. The highest BCUT2D eigenvalue weighted by Crippen LogP contribution is 2.47. The molecule has 1 aromatic heterocycles. The van der Waals surface area contributed by atoms with Gasteiger partial charge in [0.05, 0.1) is 12.1 Å². The van der Waals surface area contributed by atoms with Crippen LogP contribution in [0.5, 0.6) is 0 Å². The number of nitrogens with one attached hydrogen (secondary N) is 2. The molecule has 144 valence electrons. The van der Waals surface area contributed by atoms with Gasteiger partial charge in [0, 0.05) is 17.4 Å². The van der Waals surface area contributed by atoms with Gasteiger partial charge in [-0.2, -0.15) is 0 Å². The molecule has 8 heteroatoms. The van der Waals surface area contributed by atoms with E-state index in [0.717, 1.165) is 19.3 Å². The van der Waals surface area contributed by atoms with Crippen LogP contribution in [0.15, 0.2) is 35.0 Å². The molecule has 1 heterocycles. The molecule has 0 spiro atoms. The quantitative estimate of drug-likeness (QED) is 0.743. The van der Waals surface area contributed by atoms with Crippen molar-refractivity contribution in [3.63, 3.8) is 0 Å². The van der Waals surface area contributed by atoms with E-state index in [1.165, 1.54) is 6.20 Å². The van der Waals surface area contributed by atoms with Gasteiger partial charge in [0.2, 0.25) is 5.91 Å². The first-order valence-electron chi connectivity index (χ1n) is 8.92. The minimum absolute atomic E-state index is 0. The van der Waals surface area contributed by atoms with E-state index in [1.54, 1.807) is 31.2 Å². The molecule has 2 aromatic rings. The number of halogens is 1. The summed E-state index contributed by atoms with van der Waals surface area (Å²) in [6.45, 7) is 1.68. The van der Waals surface area contributed by atoms with Crippen molar-refractivity contribution in [3.8, 4) is 0 Å². The van der Waals surface area contributed by atoms with Crippen LogP contribution in [-0.2, 0) is 4.79 Å². The van der Waals surface area contributed by atoms with E-state index in [0.29, 0.717) is 34.5 Å². The third kappa shape index (κ3) is 3.70. The number of hydrogen-bond donors (Lipinski definition) is 3. The average Bonchev–Trinajstić information content (AvgIpc) is 3.32. The van der Waals surface area contributed by atoms with Crippen molar-refractivity contribution < 1.29 is 14.1 Å². The van der Waals surface area contributed by atoms with Crippen molar-refractivity contribution in [2.24, 2.45) is 23.5 Å². The molecule has 1 aromatic carbocycles. The van der Waals surface area contributed by atoms with Gasteiger partial charge in [-0.1, -0.05) is 5.16 Å². The second-order valence-corrected chi connectivity index (χ2v) is 7.25. The van der Waals surface area contributed by atoms with E-state index in [4.69, 9.17) is 10.3 Å². The van der Waals surface area contributed by atoms with Crippen molar-refractivity contribution in [1.29, 1.82) is 0 Å². The maximum Gasteiger partial charge on any atom is 0.260 e. The summed E-state index contributed by atoms with van der Waals surface area (Å²) in [6, 6.07) is 7.01. The lowest BCUT2D eigenvalue weighted by molar-refractivity contribution is -0.121. The molecule has 0 radical (unpaired) electrons. The lowest BCUT2D eigenvalue weighted by atomic mass is 9.84. The van der Waals surface area contributed by atoms with Crippen LogP contribution in [0.3, 0.4) is 0 Å². The molecule has 27 heavy (non-hydrogen) atoms. The number of nitrogens with zero attached hydrogens (tertiary/aromatic N) is 1. The lowest BCUT2D eigenvalue weighted by Gasteiger charge is -2.27. The molecule has 2 fully saturated rings. The number of anilines is 2. The first-order valence-corrected chi connectivity index (χ1v) is 8.92. The van der Waals surface area contributed by atoms with E-state index in [2.05, 4.69) is 15.8 Å². The van der Waals surface area contributed by atoms with Crippen LogP contribution in [0.4, 0.5) is 11.4 Å². The fourth-order valence-corrected chi connectivity index (χ4v) is 4.30. The van der Waals surface area contributed by atoms with E-state index in [1.807, 2.05) is 0 Å². The Hall–Kier alpha value is -2.38. The predicted molar refractivity (Wildman–Crippen MR) is 104 cm³/mol. The summed E-state index contributed by atoms with van der Waals surface area (Å²) in [4.78, 5) is 24.7. The minimum Gasteiger partial charge on any atom is -0.361 e. The number of benzene rings is 1. The van der Waals surface area contributed by atoms with E-state index in [-0.39, 0.29) is 36.2 Å². The van der Waals surface area contributed by atoms with Crippen LogP contribution < -0.4 is 16.4 Å². The number of carbonyl (C=O) groups excluding carboxylic acids is 2. The third-order valence-electron chi connectivity index (χ3n) is 5.69. The van der Waals surface area contributed by atoms with Crippen molar-refractivity contribution in [1.82, 2.24) is 5.16 Å². The summed E-state index contributed by atoms with van der Waals surface area (Å²) in [5.41, 5.74) is 7.96. The first kappa shape index (κ1) is 19.4. The summed E-state index contributed by atoms with van der Waals surface area (Å²) in [5, 5.41) is 9.34. The van der Waals surface area contributed by atoms with Gasteiger partial charge >= 0.3 is 0 Å². The Morgan fingerprint density at radius 1 is 1.11 bits per heavy atom. The number of aryl methyl sites for hydroxylation is 1. The zero-order valence-corrected chi connectivity index (χ0v) is 15.8. The molecule has 4 N–H and O–H groups in total. The molecule has 0 saturated heterocycles. The highest BCUT2D eigenvalue weighted by molar-refractivity contribution is 6.04.